The number of ether oxygens (including phenoxy) is 2. The zero-order valence-corrected chi connectivity index (χ0v) is 17.5. The number of carbonyl (C=O) groups is 1. The summed E-state index contributed by atoms with van der Waals surface area (Å²) in [6.45, 7) is 2.45. The van der Waals surface area contributed by atoms with Crippen LogP contribution in [-0.2, 0) is 11.0 Å². The summed E-state index contributed by atoms with van der Waals surface area (Å²) in [4.78, 5) is 22.6. The molecular formula is C21H22F3N5O3. The molecule has 0 radical (unpaired) electrons. The van der Waals surface area contributed by atoms with Crippen molar-refractivity contribution in [3.05, 3.63) is 48.0 Å². The molecule has 170 valence electrons. The molecule has 0 bridgehead atoms. The van der Waals surface area contributed by atoms with Gasteiger partial charge in [-0.3, -0.25) is 4.79 Å². The van der Waals surface area contributed by atoms with Crippen LogP contribution in [0.4, 0.5) is 13.2 Å². The van der Waals surface area contributed by atoms with E-state index in [1.807, 2.05) is 0 Å². The SMILES string of the molecule is COc1ccccc1O[C@@H](C)C(=O)N1CCC(c2cc(C(F)(F)F)n3ncnc3n2)CC1. The van der Waals surface area contributed by atoms with Gasteiger partial charge in [0.05, 0.1) is 7.11 Å². The number of para-hydroxylation sites is 2. The van der Waals surface area contributed by atoms with Crippen molar-refractivity contribution in [1.29, 1.82) is 0 Å². The number of piperidine rings is 1. The number of hydrogen-bond acceptors (Lipinski definition) is 6. The van der Waals surface area contributed by atoms with Crippen LogP contribution < -0.4 is 9.47 Å². The van der Waals surface area contributed by atoms with Crippen LogP contribution >= 0.6 is 0 Å². The van der Waals surface area contributed by atoms with Crippen molar-refractivity contribution in [2.45, 2.75) is 38.0 Å². The predicted octanol–water partition coefficient (Wildman–Crippen LogP) is 3.33. The number of likely N-dealkylation sites (tertiary alicyclic amines) is 1. The smallest absolute Gasteiger partial charge is 0.433 e. The molecule has 1 aliphatic heterocycles. The molecule has 0 aliphatic carbocycles. The molecule has 0 unspecified atom stereocenters. The van der Waals surface area contributed by atoms with Gasteiger partial charge >= 0.3 is 6.18 Å². The molecule has 1 fully saturated rings. The minimum Gasteiger partial charge on any atom is -0.493 e. The Kier molecular flexibility index (Phi) is 5.90. The molecule has 32 heavy (non-hydrogen) atoms. The zero-order chi connectivity index (χ0) is 22.9. The maximum atomic E-state index is 13.4. The van der Waals surface area contributed by atoms with Gasteiger partial charge in [0.15, 0.2) is 23.3 Å². The van der Waals surface area contributed by atoms with Crippen LogP contribution in [0.2, 0.25) is 0 Å². The Bertz CT molecular complexity index is 1110. The molecule has 3 aromatic rings. The second kappa shape index (κ2) is 8.64. The Morgan fingerprint density at radius 2 is 1.88 bits per heavy atom. The molecule has 1 aliphatic rings. The lowest BCUT2D eigenvalue weighted by Crippen LogP contribution is -2.44. The zero-order valence-electron chi connectivity index (χ0n) is 17.5. The molecule has 0 N–H and O–H groups in total. The minimum atomic E-state index is -4.58. The summed E-state index contributed by atoms with van der Waals surface area (Å²) in [5.41, 5.74) is -0.601. The van der Waals surface area contributed by atoms with E-state index in [1.165, 1.54) is 7.11 Å². The number of fused-ring (bicyclic) bond motifs is 1. The van der Waals surface area contributed by atoms with Crippen molar-refractivity contribution in [3.8, 4) is 11.5 Å². The number of alkyl halides is 3. The summed E-state index contributed by atoms with van der Waals surface area (Å²) in [6.07, 6.45) is -3.29. The Hall–Kier alpha value is -3.37. The highest BCUT2D eigenvalue weighted by atomic mass is 19.4. The van der Waals surface area contributed by atoms with E-state index >= 15 is 0 Å². The number of nitrogens with zero attached hydrogens (tertiary/aromatic N) is 5. The van der Waals surface area contributed by atoms with E-state index in [0.29, 0.717) is 47.6 Å². The third-order valence-corrected chi connectivity index (χ3v) is 5.51. The molecule has 1 aromatic carbocycles. The van der Waals surface area contributed by atoms with Gasteiger partial charge in [0, 0.05) is 24.7 Å². The van der Waals surface area contributed by atoms with Crippen LogP contribution in [0.5, 0.6) is 11.5 Å². The molecule has 3 heterocycles. The normalized spacial score (nSPS) is 16.2. The molecule has 1 amide bonds. The topological polar surface area (TPSA) is 81.9 Å². The first-order valence-corrected chi connectivity index (χ1v) is 10.1. The molecule has 0 saturated carbocycles. The average Bonchev–Trinajstić information content (AvgIpc) is 3.26. The Labute approximate surface area is 182 Å². The number of benzene rings is 1. The number of carbonyl (C=O) groups excluding carboxylic acids is 1. The van der Waals surface area contributed by atoms with E-state index in [4.69, 9.17) is 9.47 Å². The van der Waals surface area contributed by atoms with Crippen molar-refractivity contribution in [1.82, 2.24) is 24.5 Å². The first kappa shape index (κ1) is 21.8. The van der Waals surface area contributed by atoms with Gasteiger partial charge < -0.3 is 14.4 Å². The van der Waals surface area contributed by atoms with Gasteiger partial charge in [-0.15, -0.1) is 0 Å². The summed E-state index contributed by atoms with van der Waals surface area (Å²) < 4.78 is 52.0. The molecule has 1 atom stereocenters. The maximum Gasteiger partial charge on any atom is 0.433 e. The number of methoxy groups -OCH3 is 1. The maximum absolute atomic E-state index is 13.4. The fourth-order valence-corrected chi connectivity index (χ4v) is 3.85. The van der Waals surface area contributed by atoms with E-state index in [2.05, 4.69) is 15.1 Å². The summed E-state index contributed by atoms with van der Waals surface area (Å²) in [7, 11) is 1.52. The monoisotopic (exact) mass is 449 g/mol. The summed E-state index contributed by atoms with van der Waals surface area (Å²) in [5, 5.41) is 3.62. The largest absolute Gasteiger partial charge is 0.493 e. The fraction of sp³-hybridized carbons (Fsp3) is 0.429. The first-order chi connectivity index (χ1) is 15.3. The second-order valence-electron chi connectivity index (χ2n) is 7.55. The number of aromatic nitrogens is 4. The highest BCUT2D eigenvalue weighted by Gasteiger charge is 2.36. The van der Waals surface area contributed by atoms with Gasteiger partial charge in [-0.05, 0) is 38.0 Å². The quantitative estimate of drug-likeness (QED) is 0.595. The van der Waals surface area contributed by atoms with Crippen LogP contribution in [0.1, 0.15) is 37.1 Å². The second-order valence-corrected chi connectivity index (χ2v) is 7.55. The van der Waals surface area contributed by atoms with Crippen molar-refractivity contribution in [2.24, 2.45) is 0 Å². The van der Waals surface area contributed by atoms with Gasteiger partial charge in [0.25, 0.3) is 11.7 Å². The lowest BCUT2D eigenvalue weighted by molar-refractivity contribution is -0.142. The van der Waals surface area contributed by atoms with Crippen LogP contribution in [0, 0.1) is 0 Å². The van der Waals surface area contributed by atoms with Gasteiger partial charge in [-0.25, -0.2) is 4.98 Å². The summed E-state index contributed by atoms with van der Waals surface area (Å²) >= 11 is 0. The number of hydrogen-bond donors (Lipinski definition) is 0. The first-order valence-electron chi connectivity index (χ1n) is 10.1. The Morgan fingerprint density at radius 1 is 1.19 bits per heavy atom. The molecule has 11 heteroatoms. The van der Waals surface area contributed by atoms with Crippen molar-refractivity contribution < 1.29 is 27.4 Å². The van der Waals surface area contributed by atoms with Crippen LogP contribution in [0.25, 0.3) is 5.78 Å². The van der Waals surface area contributed by atoms with Crippen LogP contribution in [0.3, 0.4) is 0 Å². The van der Waals surface area contributed by atoms with Crippen molar-refractivity contribution >= 4 is 11.7 Å². The highest BCUT2D eigenvalue weighted by Crippen LogP contribution is 2.34. The summed E-state index contributed by atoms with van der Waals surface area (Å²) in [5.74, 6) is 0.503. The fourth-order valence-electron chi connectivity index (χ4n) is 3.85. The van der Waals surface area contributed by atoms with E-state index < -0.39 is 18.0 Å². The molecule has 8 nitrogen and oxygen atoms in total. The minimum absolute atomic E-state index is 0.0906. The molecule has 1 saturated heterocycles. The number of halogens is 3. The van der Waals surface area contributed by atoms with E-state index in [9.17, 15) is 18.0 Å². The Balaban J connectivity index is 1.43. The van der Waals surface area contributed by atoms with Crippen LogP contribution in [-0.4, -0.2) is 56.7 Å². The number of rotatable bonds is 5. The highest BCUT2D eigenvalue weighted by molar-refractivity contribution is 5.81. The van der Waals surface area contributed by atoms with Crippen molar-refractivity contribution in [3.63, 3.8) is 0 Å². The van der Waals surface area contributed by atoms with Gasteiger partial charge in [0.1, 0.15) is 6.33 Å². The Morgan fingerprint density at radius 3 is 2.53 bits per heavy atom. The van der Waals surface area contributed by atoms with Gasteiger partial charge in [0.2, 0.25) is 0 Å². The molecule has 2 aromatic heterocycles. The van der Waals surface area contributed by atoms with Crippen LogP contribution in [0.15, 0.2) is 36.7 Å². The molecule has 0 spiro atoms. The van der Waals surface area contributed by atoms with Gasteiger partial charge in [-0.1, -0.05) is 12.1 Å². The third-order valence-electron chi connectivity index (χ3n) is 5.51. The van der Waals surface area contributed by atoms with E-state index in [-0.39, 0.29) is 17.6 Å². The average molecular weight is 449 g/mol. The predicted molar refractivity (Wildman–Crippen MR) is 107 cm³/mol. The standard InChI is InChI=1S/C21H22F3N5O3/c1-13(32-17-6-4-3-5-16(17)31-2)19(30)28-9-7-14(8-10-28)15-11-18(21(22,23)24)29-20(27-15)25-12-26-29/h3-6,11-14H,7-10H2,1-2H3/t13-/m0/s1. The molecular weight excluding hydrogens is 427 g/mol. The van der Waals surface area contributed by atoms with E-state index in [1.54, 1.807) is 36.1 Å². The van der Waals surface area contributed by atoms with E-state index in [0.717, 1.165) is 12.4 Å². The number of amides is 1. The van der Waals surface area contributed by atoms with Gasteiger partial charge in [-0.2, -0.15) is 27.8 Å². The molecule has 4 rings (SSSR count). The summed E-state index contributed by atoms with van der Waals surface area (Å²) in [6, 6.07) is 8.08. The lowest BCUT2D eigenvalue weighted by Gasteiger charge is -2.33. The van der Waals surface area contributed by atoms with Crippen molar-refractivity contribution in [2.75, 3.05) is 20.2 Å². The lowest BCUT2D eigenvalue weighted by atomic mass is 9.92. The third kappa shape index (κ3) is 4.32.